The number of nitrogens with one attached hydrogen (secondary N) is 2. The van der Waals surface area contributed by atoms with Crippen LogP contribution in [0.25, 0.3) is 0 Å². The summed E-state index contributed by atoms with van der Waals surface area (Å²) in [7, 11) is 0. The monoisotopic (exact) mass is 228 g/mol. The summed E-state index contributed by atoms with van der Waals surface area (Å²) in [4.78, 5) is 11.4. The lowest BCUT2D eigenvalue weighted by Gasteiger charge is -2.17. The van der Waals surface area contributed by atoms with E-state index in [2.05, 4.69) is 17.2 Å². The van der Waals surface area contributed by atoms with Crippen LogP contribution >= 0.6 is 0 Å². The van der Waals surface area contributed by atoms with Crippen molar-refractivity contribution in [1.29, 1.82) is 0 Å². The van der Waals surface area contributed by atoms with E-state index in [9.17, 15) is 4.79 Å². The van der Waals surface area contributed by atoms with E-state index in [-0.39, 0.29) is 24.7 Å². The molecule has 0 aliphatic heterocycles. The summed E-state index contributed by atoms with van der Waals surface area (Å²) >= 11 is 0. The number of urea groups is 1. The molecule has 1 unspecified atom stereocenters. The predicted octanol–water partition coefficient (Wildman–Crippen LogP) is 1.80. The van der Waals surface area contributed by atoms with Crippen molar-refractivity contribution >= 4 is 6.03 Å². The van der Waals surface area contributed by atoms with Gasteiger partial charge in [0, 0.05) is 18.7 Å². The fraction of sp³-hybridized carbons (Fsp3) is 0.750. The number of aliphatic hydroxyl groups excluding tert-OH is 1. The highest BCUT2D eigenvalue weighted by Crippen LogP contribution is 2.00. The number of hydrogen-bond donors (Lipinski definition) is 3. The fourth-order valence-corrected chi connectivity index (χ4v) is 1.40. The fourth-order valence-electron chi connectivity index (χ4n) is 1.40. The van der Waals surface area contributed by atoms with Crippen molar-refractivity contribution in [2.24, 2.45) is 0 Å². The summed E-state index contributed by atoms with van der Waals surface area (Å²) in [5.41, 5.74) is 0. The molecule has 0 spiro atoms. The third kappa shape index (κ3) is 8.29. The zero-order chi connectivity index (χ0) is 12.4. The molecule has 0 aromatic heterocycles. The maximum atomic E-state index is 11.4. The van der Waals surface area contributed by atoms with Gasteiger partial charge in [0.15, 0.2) is 0 Å². The molecule has 2 atom stereocenters. The maximum Gasteiger partial charge on any atom is 0.315 e. The van der Waals surface area contributed by atoms with Crippen molar-refractivity contribution in [2.45, 2.75) is 51.6 Å². The highest BCUT2D eigenvalue weighted by atomic mass is 16.3. The predicted molar refractivity (Wildman–Crippen MR) is 66.3 cm³/mol. The molecule has 0 rings (SSSR count). The first-order chi connectivity index (χ1) is 7.60. The van der Waals surface area contributed by atoms with Crippen LogP contribution in [-0.2, 0) is 0 Å². The number of unbranched alkanes of at least 4 members (excludes halogenated alkanes) is 1. The van der Waals surface area contributed by atoms with E-state index in [1.54, 1.807) is 0 Å². The number of amides is 2. The van der Waals surface area contributed by atoms with Crippen LogP contribution in [0.2, 0.25) is 0 Å². The molecule has 16 heavy (non-hydrogen) atoms. The van der Waals surface area contributed by atoms with E-state index in [1.807, 2.05) is 19.9 Å². The van der Waals surface area contributed by atoms with Crippen LogP contribution in [0.15, 0.2) is 12.7 Å². The lowest BCUT2D eigenvalue weighted by atomic mass is 10.1. The maximum absolute atomic E-state index is 11.4. The highest BCUT2D eigenvalue weighted by molar-refractivity contribution is 5.74. The normalized spacial score (nSPS) is 13.9. The van der Waals surface area contributed by atoms with Crippen molar-refractivity contribution in [3.05, 3.63) is 12.7 Å². The first kappa shape index (κ1) is 15.0. The molecule has 4 nitrogen and oxygen atoms in total. The zero-order valence-corrected chi connectivity index (χ0v) is 10.3. The van der Waals surface area contributed by atoms with Gasteiger partial charge in [-0.25, -0.2) is 4.79 Å². The Morgan fingerprint density at radius 1 is 1.31 bits per heavy atom. The molecule has 0 fully saturated rings. The van der Waals surface area contributed by atoms with E-state index in [1.165, 1.54) is 0 Å². The largest absolute Gasteiger partial charge is 0.396 e. The summed E-state index contributed by atoms with van der Waals surface area (Å²) in [5, 5.41) is 14.3. The SMILES string of the molecule is C=CCCCC(C)NC(=O)N[C@H](C)CCO. The minimum atomic E-state index is -0.160. The number of carbonyl (C=O) groups is 1. The lowest BCUT2D eigenvalue weighted by Crippen LogP contribution is -2.44. The van der Waals surface area contributed by atoms with Crippen molar-refractivity contribution < 1.29 is 9.90 Å². The molecule has 0 aliphatic rings. The summed E-state index contributed by atoms with van der Waals surface area (Å²) in [5.74, 6) is 0. The van der Waals surface area contributed by atoms with Gasteiger partial charge in [0.1, 0.15) is 0 Å². The smallest absolute Gasteiger partial charge is 0.315 e. The first-order valence-electron chi connectivity index (χ1n) is 5.89. The lowest BCUT2D eigenvalue weighted by molar-refractivity contribution is 0.227. The number of rotatable bonds is 8. The van der Waals surface area contributed by atoms with Gasteiger partial charge in [0.25, 0.3) is 0 Å². The Morgan fingerprint density at radius 3 is 2.38 bits per heavy atom. The molecule has 0 aliphatic carbocycles. The summed E-state index contributed by atoms with van der Waals surface area (Å²) in [6.45, 7) is 7.61. The van der Waals surface area contributed by atoms with Crippen LogP contribution in [0.1, 0.15) is 39.5 Å². The molecule has 0 aromatic carbocycles. The Bertz CT molecular complexity index is 207. The van der Waals surface area contributed by atoms with Gasteiger partial charge >= 0.3 is 6.03 Å². The summed E-state index contributed by atoms with van der Waals surface area (Å²) < 4.78 is 0. The molecule has 4 heteroatoms. The van der Waals surface area contributed by atoms with E-state index < -0.39 is 0 Å². The van der Waals surface area contributed by atoms with Crippen LogP contribution < -0.4 is 10.6 Å². The second-order valence-corrected chi connectivity index (χ2v) is 4.15. The first-order valence-corrected chi connectivity index (χ1v) is 5.89. The minimum absolute atomic E-state index is 0.00498. The minimum Gasteiger partial charge on any atom is -0.396 e. The van der Waals surface area contributed by atoms with Crippen molar-refractivity contribution in [2.75, 3.05) is 6.61 Å². The van der Waals surface area contributed by atoms with E-state index in [0.29, 0.717) is 6.42 Å². The molecular weight excluding hydrogens is 204 g/mol. The molecule has 0 aromatic rings. The second kappa shape index (κ2) is 9.21. The third-order valence-electron chi connectivity index (χ3n) is 2.36. The van der Waals surface area contributed by atoms with Gasteiger partial charge < -0.3 is 15.7 Å². The van der Waals surface area contributed by atoms with Gasteiger partial charge in [-0.2, -0.15) is 0 Å². The molecule has 0 radical (unpaired) electrons. The highest BCUT2D eigenvalue weighted by Gasteiger charge is 2.09. The zero-order valence-electron chi connectivity index (χ0n) is 10.3. The van der Waals surface area contributed by atoms with Gasteiger partial charge in [-0.15, -0.1) is 6.58 Å². The molecule has 0 saturated heterocycles. The Labute approximate surface area is 98.1 Å². The van der Waals surface area contributed by atoms with Crippen molar-refractivity contribution in [3.63, 3.8) is 0 Å². The Hall–Kier alpha value is -1.03. The van der Waals surface area contributed by atoms with Crippen LogP contribution in [0, 0.1) is 0 Å². The van der Waals surface area contributed by atoms with E-state index in [4.69, 9.17) is 5.11 Å². The van der Waals surface area contributed by atoms with Crippen LogP contribution in [-0.4, -0.2) is 29.8 Å². The molecule has 0 bridgehead atoms. The average Bonchev–Trinajstić information content (AvgIpc) is 2.17. The molecular formula is C12H24N2O2. The van der Waals surface area contributed by atoms with Gasteiger partial charge in [-0.3, -0.25) is 0 Å². The third-order valence-corrected chi connectivity index (χ3v) is 2.36. The van der Waals surface area contributed by atoms with Gasteiger partial charge in [-0.1, -0.05) is 6.08 Å². The number of carbonyl (C=O) groups excluding carboxylic acids is 1. The van der Waals surface area contributed by atoms with Crippen LogP contribution in [0.3, 0.4) is 0 Å². The second-order valence-electron chi connectivity index (χ2n) is 4.15. The van der Waals surface area contributed by atoms with Gasteiger partial charge in [-0.05, 0) is 39.5 Å². The molecule has 0 saturated carbocycles. The van der Waals surface area contributed by atoms with Crippen molar-refractivity contribution in [3.8, 4) is 0 Å². The Morgan fingerprint density at radius 2 is 1.88 bits per heavy atom. The quantitative estimate of drug-likeness (QED) is 0.438. The topological polar surface area (TPSA) is 61.4 Å². The van der Waals surface area contributed by atoms with E-state index >= 15 is 0 Å². The number of allylic oxidation sites excluding steroid dienone is 1. The van der Waals surface area contributed by atoms with Crippen LogP contribution in [0.5, 0.6) is 0 Å². The van der Waals surface area contributed by atoms with Gasteiger partial charge in [0.2, 0.25) is 0 Å². The number of hydrogen-bond acceptors (Lipinski definition) is 2. The summed E-state index contributed by atoms with van der Waals surface area (Å²) in [6, 6.07) is 0.0127. The Kier molecular flexibility index (Phi) is 8.62. The average molecular weight is 228 g/mol. The summed E-state index contributed by atoms with van der Waals surface area (Å²) in [6.07, 6.45) is 5.44. The van der Waals surface area contributed by atoms with Crippen LogP contribution in [0.4, 0.5) is 4.79 Å². The van der Waals surface area contributed by atoms with E-state index in [0.717, 1.165) is 19.3 Å². The van der Waals surface area contributed by atoms with Gasteiger partial charge in [0.05, 0.1) is 0 Å². The molecule has 0 heterocycles. The Balaban J connectivity index is 3.64. The van der Waals surface area contributed by atoms with Crippen molar-refractivity contribution in [1.82, 2.24) is 10.6 Å². The molecule has 94 valence electrons. The standard InChI is InChI=1S/C12H24N2O2/c1-4-5-6-7-10(2)13-12(16)14-11(3)8-9-15/h4,10-11,15H,1,5-9H2,2-3H3,(H2,13,14,16)/t10?,11-/m1/s1. The number of aliphatic hydroxyl groups is 1. The molecule has 3 N–H and O–H groups in total. The molecule has 2 amide bonds.